The first-order valence-corrected chi connectivity index (χ1v) is 11.1. The number of nitrogens with zero attached hydrogens (tertiary/aromatic N) is 2. The van der Waals surface area contributed by atoms with Gasteiger partial charge in [-0.2, -0.15) is 0 Å². The number of aromatic carboxylic acids is 1. The number of amides is 3. The molecule has 3 amide bonds. The summed E-state index contributed by atoms with van der Waals surface area (Å²) in [5, 5.41) is 14.5. The lowest BCUT2D eigenvalue weighted by atomic mass is 10.2. The molecule has 34 heavy (non-hydrogen) atoms. The van der Waals surface area contributed by atoms with Crippen LogP contribution in [0.15, 0.2) is 65.3 Å². The normalized spacial score (nSPS) is 13.4. The first-order chi connectivity index (χ1) is 16.2. The Labute approximate surface area is 202 Å². The Bertz CT molecular complexity index is 1340. The predicted octanol–water partition coefficient (Wildman–Crippen LogP) is 3.83. The number of thiazole rings is 1. The van der Waals surface area contributed by atoms with E-state index in [0.717, 1.165) is 21.8 Å². The fourth-order valence-corrected chi connectivity index (χ4v) is 4.26. The van der Waals surface area contributed by atoms with E-state index >= 15 is 0 Å². The SMILES string of the molecule is Cc1nc(NC(=O)c2ccc(NC3=C(Cl)C(=O)N(Cc4ccccc4)C3=O)cc2)sc1C(=O)O. The fraction of sp³-hybridized carbons (Fsp3) is 0.0870. The molecule has 0 saturated heterocycles. The maximum absolute atomic E-state index is 12.8. The minimum atomic E-state index is -1.11. The minimum Gasteiger partial charge on any atom is -0.477 e. The second-order valence-electron chi connectivity index (χ2n) is 7.27. The summed E-state index contributed by atoms with van der Waals surface area (Å²) in [6.45, 7) is 1.64. The van der Waals surface area contributed by atoms with E-state index in [1.165, 1.54) is 12.1 Å². The lowest BCUT2D eigenvalue weighted by molar-refractivity contribution is -0.138. The van der Waals surface area contributed by atoms with E-state index in [4.69, 9.17) is 16.7 Å². The summed E-state index contributed by atoms with van der Waals surface area (Å²) in [6.07, 6.45) is 0. The Morgan fingerprint density at radius 3 is 2.35 bits per heavy atom. The fourth-order valence-electron chi connectivity index (χ4n) is 3.23. The highest BCUT2D eigenvalue weighted by Crippen LogP contribution is 2.27. The molecule has 172 valence electrons. The molecule has 0 spiro atoms. The first kappa shape index (κ1) is 23.1. The topological polar surface area (TPSA) is 129 Å². The zero-order valence-corrected chi connectivity index (χ0v) is 19.2. The average Bonchev–Trinajstić information content (AvgIpc) is 3.28. The van der Waals surface area contributed by atoms with Gasteiger partial charge < -0.3 is 10.4 Å². The third-order valence-electron chi connectivity index (χ3n) is 4.92. The van der Waals surface area contributed by atoms with Crippen LogP contribution in [0.4, 0.5) is 10.8 Å². The number of halogens is 1. The van der Waals surface area contributed by atoms with Crippen LogP contribution in [0.5, 0.6) is 0 Å². The molecule has 0 atom stereocenters. The molecule has 11 heteroatoms. The van der Waals surface area contributed by atoms with E-state index in [2.05, 4.69) is 15.6 Å². The highest BCUT2D eigenvalue weighted by atomic mass is 35.5. The highest BCUT2D eigenvalue weighted by molar-refractivity contribution is 7.17. The van der Waals surface area contributed by atoms with Gasteiger partial charge >= 0.3 is 5.97 Å². The minimum absolute atomic E-state index is 0.0424. The molecule has 2 aromatic carbocycles. The summed E-state index contributed by atoms with van der Waals surface area (Å²) in [5.41, 5.74) is 1.80. The highest BCUT2D eigenvalue weighted by Gasteiger charge is 2.37. The lowest BCUT2D eigenvalue weighted by Gasteiger charge is -2.15. The molecule has 3 N–H and O–H groups in total. The molecule has 2 heterocycles. The molecule has 0 bridgehead atoms. The van der Waals surface area contributed by atoms with Gasteiger partial charge in [-0.15, -0.1) is 0 Å². The number of hydrogen-bond donors (Lipinski definition) is 3. The largest absolute Gasteiger partial charge is 0.477 e. The number of aryl methyl sites for hydroxylation is 1. The van der Waals surface area contributed by atoms with Crippen molar-refractivity contribution in [2.75, 3.05) is 10.6 Å². The van der Waals surface area contributed by atoms with Crippen molar-refractivity contribution in [3.05, 3.63) is 87.0 Å². The number of anilines is 2. The van der Waals surface area contributed by atoms with Gasteiger partial charge in [-0.05, 0) is 36.8 Å². The van der Waals surface area contributed by atoms with E-state index < -0.39 is 23.7 Å². The molecule has 0 aliphatic carbocycles. The molecule has 1 aliphatic heterocycles. The smallest absolute Gasteiger partial charge is 0.347 e. The van der Waals surface area contributed by atoms with Crippen LogP contribution in [0, 0.1) is 6.92 Å². The molecule has 9 nitrogen and oxygen atoms in total. The summed E-state index contributed by atoms with van der Waals surface area (Å²) in [4.78, 5) is 54.0. The number of imide groups is 1. The van der Waals surface area contributed by atoms with Crippen LogP contribution in [-0.4, -0.2) is 38.7 Å². The van der Waals surface area contributed by atoms with Gasteiger partial charge in [-0.25, -0.2) is 9.78 Å². The van der Waals surface area contributed by atoms with Crippen molar-refractivity contribution in [1.82, 2.24) is 9.88 Å². The average molecular weight is 497 g/mol. The van der Waals surface area contributed by atoms with Gasteiger partial charge in [0.1, 0.15) is 15.6 Å². The number of carbonyl (C=O) groups excluding carboxylic acids is 3. The number of rotatable bonds is 7. The molecule has 1 aliphatic rings. The number of benzene rings is 2. The van der Waals surface area contributed by atoms with Crippen LogP contribution in [0.2, 0.25) is 0 Å². The second-order valence-corrected chi connectivity index (χ2v) is 8.64. The van der Waals surface area contributed by atoms with Gasteiger partial charge in [-0.1, -0.05) is 53.3 Å². The Hall–Kier alpha value is -4.02. The van der Waals surface area contributed by atoms with Crippen molar-refractivity contribution in [1.29, 1.82) is 0 Å². The number of aromatic nitrogens is 1. The quantitative estimate of drug-likeness (QED) is 0.424. The van der Waals surface area contributed by atoms with Gasteiger partial charge in [0.2, 0.25) is 0 Å². The predicted molar refractivity (Wildman–Crippen MR) is 127 cm³/mol. The second kappa shape index (κ2) is 9.46. The zero-order valence-electron chi connectivity index (χ0n) is 17.7. The van der Waals surface area contributed by atoms with Crippen LogP contribution in [0.1, 0.15) is 31.3 Å². The van der Waals surface area contributed by atoms with E-state index in [-0.39, 0.29) is 32.8 Å². The van der Waals surface area contributed by atoms with Crippen molar-refractivity contribution in [2.45, 2.75) is 13.5 Å². The molecular weight excluding hydrogens is 480 g/mol. The maximum atomic E-state index is 12.8. The van der Waals surface area contributed by atoms with E-state index in [1.807, 2.05) is 18.2 Å². The number of hydrogen-bond acceptors (Lipinski definition) is 7. The first-order valence-electron chi connectivity index (χ1n) is 9.93. The van der Waals surface area contributed by atoms with Crippen molar-refractivity contribution in [3.8, 4) is 0 Å². The monoisotopic (exact) mass is 496 g/mol. The summed E-state index contributed by atoms with van der Waals surface area (Å²) < 4.78 is 0. The third-order valence-corrected chi connectivity index (χ3v) is 6.33. The molecule has 0 saturated carbocycles. The number of carboxylic acid groups (broad SMARTS) is 1. The standard InChI is InChI=1S/C23H17ClN4O5S/c1-12-18(22(32)33)34-23(25-12)27-19(29)14-7-9-15(10-8-14)26-17-16(24)20(30)28(21(17)31)11-13-5-3-2-4-6-13/h2-10,26H,11H2,1H3,(H,32,33)(H,25,27,29). The zero-order chi connectivity index (χ0) is 24.4. The summed E-state index contributed by atoms with van der Waals surface area (Å²) in [5.74, 6) is -2.72. The summed E-state index contributed by atoms with van der Waals surface area (Å²) in [6, 6.07) is 15.2. The molecule has 1 aromatic heterocycles. The molecule has 4 rings (SSSR count). The van der Waals surface area contributed by atoms with E-state index in [1.54, 1.807) is 31.2 Å². The molecule has 3 aromatic rings. The van der Waals surface area contributed by atoms with Crippen molar-refractivity contribution >= 4 is 57.4 Å². The summed E-state index contributed by atoms with van der Waals surface area (Å²) >= 11 is 7.00. The molecule has 0 unspecified atom stereocenters. The molecule has 0 radical (unpaired) electrons. The maximum Gasteiger partial charge on any atom is 0.347 e. The lowest BCUT2D eigenvalue weighted by Crippen LogP contribution is -2.31. The van der Waals surface area contributed by atoms with Gasteiger partial charge in [-0.3, -0.25) is 24.6 Å². The van der Waals surface area contributed by atoms with E-state index in [0.29, 0.717) is 11.4 Å². The Kier molecular flexibility index (Phi) is 6.44. The summed E-state index contributed by atoms with van der Waals surface area (Å²) in [7, 11) is 0. The molecular formula is C23H17ClN4O5S. The van der Waals surface area contributed by atoms with Gasteiger partial charge in [0.05, 0.1) is 12.2 Å². The Morgan fingerprint density at radius 1 is 1.06 bits per heavy atom. The van der Waals surface area contributed by atoms with Crippen molar-refractivity contribution in [3.63, 3.8) is 0 Å². The number of carbonyl (C=O) groups is 4. The Morgan fingerprint density at radius 2 is 1.74 bits per heavy atom. The van der Waals surface area contributed by atoms with Gasteiger partial charge in [0, 0.05) is 11.3 Å². The van der Waals surface area contributed by atoms with Crippen LogP contribution in [0.3, 0.4) is 0 Å². The molecule has 0 fully saturated rings. The van der Waals surface area contributed by atoms with Crippen LogP contribution in [0.25, 0.3) is 0 Å². The number of nitrogens with one attached hydrogen (secondary N) is 2. The van der Waals surface area contributed by atoms with Crippen LogP contribution >= 0.6 is 22.9 Å². The van der Waals surface area contributed by atoms with Gasteiger partial charge in [0.15, 0.2) is 5.13 Å². The van der Waals surface area contributed by atoms with Crippen LogP contribution < -0.4 is 10.6 Å². The van der Waals surface area contributed by atoms with Crippen molar-refractivity contribution in [2.24, 2.45) is 0 Å². The van der Waals surface area contributed by atoms with Crippen LogP contribution in [-0.2, 0) is 16.1 Å². The Balaban J connectivity index is 1.43. The number of carboxylic acids is 1. The van der Waals surface area contributed by atoms with E-state index in [9.17, 15) is 19.2 Å². The van der Waals surface area contributed by atoms with Crippen molar-refractivity contribution < 1.29 is 24.3 Å². The van der Waals surface area contributed by atoms with Gasteiger partial charge in [0.25, 0.3) is 17.7 Å². The third kappa shape index (κ3) is 4.68.